The minimum atomic E-state index is -3.91. The molecule has 0 spiro atoms. The van der Waals surface area contributed by atoms with E-state index in [1.165, 1.54) is 11.9 Å². The molecule has 198 valence electrons. The third-order valence-electron chi connectivity index (χ3n) is 6.49. The second kappa shape index (κ2) is 13.4. The van der Waals surface area contributed by atoms with E-state index in [2.05, 4.69) is 5.32 Å². The van der Waals surface area contributed by atoms with Crippen LogP contribution in [0.15, 0.2) is 77.7 Å². The molecular formula is C29H37N3O4S. The fourth-order valence-electron chi connectivity index (χ4n) is 4.28. The van der Waals surface area contributed by atoms with Gasteiger partial charge in [-0.3, -0.25) is 9.59 Å². The Kier molecular flexibility index (Phi) is 10.2. The summed E-state index contributed by atoms with van der Waals surface area (Å²) in [5.74, 6) is -0.613. The molecular weight excluding hydrogens is 486 g/mol. The molecule has 0 unspecified atom stereocenters. The zero-order valence-electron chi connectivity index (χ0n) is 21.9. The van der Waals surface area contributed by atoms with E-state index in [-0.39, 0.29) is 17.3 Å². The summed E-state index contributed by atoms with van der Waals surface area (Å²) >= 11 is 0. The number of hydrogen-bond donors (Lipinski definition) is 1. The molecule has 0 aliphatic heterocycles. The largest absolute Gasteiger partial charge is 0.354 e. The van der Waals surface area contributed by atoms with Gasteiger partial charge in [0.15, 0.2) is 0 Å². The fraction of sp³-hybridized carbons (Fsp3) is 0.379. The van der Waals surface area contributed by atoms with Gasteiger partial charge in [0, 0.05) is 20.1 Å². The number of hydrogen-bond acceptors (Lipinski definition) is 4. The first-order chi connectivity index (χ1) is 17.8. The molecule has 1 atom stereocenters. The molecule has 0 fully saturated rings. The maximum absolute atomic E-state index is 13.5. The van der Waals surface area contributed by atoms with E-state index in [0.29, 0.717) is 25.9 Å². The molecule has 37 heavy (non-hydrogen) atoms. The highest BCUT2D eigenvalue weighted by Crippen LogP contribution is 2.21. The second-order valence-corrected chi connectivity index (χ2v) is 11.2. The molecule has 8 heteroatoms. The van der Waals surface area contributed by atoms with Crippen molar-refractivity contribution in [2.45, 2.75) is 50.5 Å². The predicted molar refractivity (Wildman–Crippen MR) is 148 cm³/mol. The van der Waals surface area contributed by atoms with E-state index in [0.717, 1.165) is 33.5 Å². The zero-order valence-corrected chi connectivity index (χ0v) is 22.7. The van der Waals surface area contributed by atoms with Crippen LogP contribution in [0.25, 0.3) is 10.8 Å². The standard InChI is InChI=1S/C29H37N3O4S/c1-4-6-19-30-29(34)27(5-2)32(20-18-23-12-8-7-9-13-23)28(33)22-31(3)37(35,36)26-17-16-24-14-10-11-15-25(24)21-26/h7-17,21,27H,4-6,18-20,22H2,1-3H3,(H,30,34)/t27-/m0/s1. The molecule has 2 amide bonds. The predicted octanol–water partition coefficient (Wildman–Crippen LogP) is 4.23. The fourth-order valence-corrected chi connectivity index (χ4v) is 5.43. The quantitative estimate of drug-likeness (QED) is 0.340. The third kappa shape index (κ3) is 7.40. The van der Waals surface area contributed by atoms with Crippen molar-refractivity contribution in [3.05, 3.63) is 78.4 Å². The average molecular weight is 524 g/mol. The van der Waals surface area contributed by atoms with Crippen LogP contribution < -0.4 is 5.32 Å². The molecule has 7 nitrogen and oxygen atoms in total. The van der Waals surface area contributed by atoms with E-state index in [1.54, 1.807) is 18.2 Å². The molecule has 0 saturated carbocycles. The van der Waals surface area contributed by atoms with Crippen LogP contribution in [0.4, 0.5) is 0 Å². The SMILES string of the molecule is CCCCNC(=O)[C@H](CC)N(CCc1ccccc1)C(=O)CN(C)S(=O)(=O)c1ccc2ccccc2c1. The summed E-state index contributed by atoms with van der Waals surface area (Å²) in [5.41, 5.74) is 1.04. The van der Waals surface area contributed by atoms with Crippen LogP contribution in [-0.2, 0) is 26.0 Å². The van der Waals surface area contributed by atoms with Crippen molar-refractivity contribution >= 4 is 32.6 Å². The summed E-state index contributed by atoms with van der Waals surface area (Å²) < 4.78 is 27.7. The normalized spacial score (nSPS) is 12.4. The first kappa shape index (κ1) is 28.3. The minimum absolute atomic E-state index is 0.127. The molecule has 0 heterocycles. The second-order valence-electron chi connectivity index (χ2n) is 9.16. The Bertz CT molecular complexity index is 1290. The Hall–Kier alpha value is -3.23. The van der Waals surface area contributed by atoms with Crippen molar-refractivity contribution in [2.75, 3.05) is 26.7 Å². The molecule has 0 radical (unpaired) electrons. The molecule has 0 aromatic heterocycles. The van der Waals surface area contributed by atoms with E-state index in [9.17, 15) is 18.0 Å². The van der Waals surface area contributed by atoms with Crippen molar-refractivity contribution in [3.8, 4) is 0 Å². The summed E-state index contributed by atoms with van der Waals surface area (Å²) in [4.78, 5) is 28.2. The highest BCUT2D eigenvalue weighted by atomic mass is 32.2. The monoisotopic (exact) mass is 523 g/mol. The molecule has 1 N–H and O–H groups in total. The van der Waals surface area contributed by atoms with Gasteiger partial charge in [-0.1, -0.05) is 80.9 Å². The lowest BCUT2D eigenvalue weighted by atomic mass is 10.1. The van der Waals surface area contributed by atoms with E-state index >= 15 is 0 Å². The van der Waals surface area contributed by atoms with E-state index in [4.69, 9.17) is 0 Å². The van der Waals surface area contributed by atoms with E-state index in [1.807, 2.05) is 68.4 Å². The van der Waals surface area contributed by atoms with Gasteiger partial charge in [-0.05, 0) is 47.7 Å². The van der Waals surface area contributed by atoms with Crippen LogP contribution in [0.1, 0.15) is 38.7 Å². The van der Waals surface area contributed by atoms with E-state index < -0.39 is 22.0 Å². The maximum atomic E-state index is 13.5. The number of nitrogens with one attached hydrogen (secondary N) is 1. The van der Waals surface area contributed by atoms with Gasteiger partial charge >= 0.3 is 0 Å². The third-order valence-corrected chi connectivity index (χ3v) is 8.29. The first-order valence-electron chi connectivity index (χ1n) is 12.8. The van der Waals surface area contributed by atoms with Crippen molar-refractivity contribution < 1.29 is 18.0 Å². The molecule has 3 rings (SSSR count). The number of unbranched alkanes of at least 4 members (excludes halogenated alkanes) is 1. The van der Waals surface area contributed by atoms with Gasteiger partial charge in [0.25, 0.3) is 0 Å². The maximum Gasteiger partial charge on any atom is 0.243 e. The van der Waals surface area contributed by atoms with Gasteiger partial charge in [0.1, 0.15) is 6.04 Å². The lowest BCUT2D eigenvalue weighted by molar-refractivity contribution is -0.140. The van der Waals surface area contributed by atoms with Crippen molar-refractivity contribution in [1.82, 2.24) is 14.5 Å². The Labute approximate surface area is 220 Å². The number of carbonyl (C=O) groups excluding carboxylic acids is 2. The molecule has 0 aliphatic carbocycles. The van der Waals surface area contributed by atoms with Crippen LogP contribution in [0.2, 0.25) is 0 Å². The Morgan fingerprint density at radius 2 is 1.59 bits per heavy atom. The Morgan fingerprint density at radius 3 is 2.27 bits per heavy atom. The van der Waals surface area contributed by atoms with Crippen molar-refractivity contribution in [2.24, 2.45) is 0 Å². The van der Waals surface area contributed by atoms with Crippen LogP contribution >= 0.6 is 0 Å². The van der Waals surface area contributed by atoms with Gasteiger partial charge in [-0.25, -0.2) is 8.42 Å². The Morgan fingerprint density at radius 1 is 0.919 bits per heavy atom. The average Bonchev–Trinajstić information content (AvgIpc) is 2.91. The van der Waals surface area contributed by atoms with Gasteiger partial charge in [-0.2, -0.15) is 4.31 Å². The van der Waals surface area contributed by atoms with Crippen LogP contribution in [0.3, 0.4) is 0 Å². The number of amides is 2. The van der Waals surface area contributed by atoms with Gasteiger partial charge in [0.2, 0.25) is 21.8 Å². The molecule has 0 saturated heterocycles. The number of likely N-dealkylation sites (N-methyl/N-ethyl adjacent to an activating group) is 1. The number of rotatable bonds is 13. The highest BCUT2D eigenvalue weighted by Gasteiger charge is 2.31. The van der Waals surface area contributed by atoms with Gasteiger partial charge in [0.05, 0.1) is 11.4 Å². The molecule has 0 bridgehead atoms. The summed E-state index contributed by atoms with van der Waals surface area (Å²) in [6, 6.07) is 21.5. The highest BCUT2D eigenvalue weighted by molar-refractivity contribution is 7.89. The number of benzene rings is 3. The number of carbonyl (C=O) groups is 2. The van der Waals surface area contributed by atoms with Crippen LogP contribution in [-0.4, -0.2) is 62.2 Å². The van der Waals surface area contributed by atoms with Gasteiger partial charge < -0.3 is 10.2 Å². The molecule has 3 aromatic carbocycles. The van der Waals surface area contributed by atoms with Crippen molar-refractivity contribution in [1.29, 1.82) is 0 Å². The first-order valence-corrected chi connectivity index (χ1v) is 14.3. The molecule has 0 aliphatic rings. The summed E-state index contributed by atoms with van der Waals surface area (Å²) in [5, 5.41) is 4.67. The van der Waals surface area contributed by atoms with Crippen LogP contribution in [0, 0.1) is 0 Å². The summed E-state index contributed by atoms with van der Waals surface area (Å²) in [6.07, 6.45) is 2.80. The summed E-state index contributed by atoms with van der Waals surface area (Å²) in [6.45, 7) is 4.41. The van der Waals surface area contributed by atoms with Gasteiger partial charge in [-0.15, -0.1) is 0 Å². The number of nitrogens with zero attached hydrogens (tertiary/aromatic N) is 2. The zero-order chi connectivity index (χ0) is 26.8. The van der Waals surface area contributed by atoms with Crippen LogP contribution in [0.5, 0.6) is 0 Å². The smallest absolute Gasteiger partial charge is 0.243 e. The summed E-state index contributed by atoms with van der Waals surface area (Å²) in [7, 11) is -2.51. The number of fused-ring (bicyclic) bond motifs is 1. The lowest BCUT2D eigenvalue weighted by Crippen LogP contribution is -2.52. The van der Waals surface area contributed by atoms with Crippen molar-refractivity contribution in [3.63, 3.8) is 0 Å². The lowest BCUT2D eigenvalue weighted by Gasteiger charge is -2.32. The topological polar surface area (TPSA) is 86.8 Å². The Balaban J connectivity index is 1.81. The minimum Gasteiger partial charge on any atom is -0.354 e. The molecule has 3 aromatic rings. The number of sulfonamides is 1.